The van der Waals surface area contributed by atoms with E-state index in [9.17, 15) is 9.90 Å². The monoisotopic (exact) mass is 289 g/mol. The van der Waals surface area contributed by atoms with Crippen molar-refractivity contribution in [1.29, 1.82) is 0 Å². The minimum absolute atomic E-state index is 0.232. The van der Waals surface area contributed by atoms with Crippen molar-refractivity contribution in [3.8, 4) is 5.75 Å². The van der Waals surface area contributed by atoms with Crippen LogP contribution < -0.4 is 10.1 Å². The van der Waals surface area contributed by atoms with E-state index in [1.807, 2.05) is 12.1 Å². The van der Waals surface area contributed by atoms with E-state index in [0.717, 1.165) is 31.1 Å². The van der Waals surface area contributed by atoms with Gasteiger partial charge in [0, 0.05) is 11.9 Å². The smallest absolute Gasteiger partial charge is 0.287 e. The number of benzene rings is 1. The summed E-state index contributed by atoms with van der Waals surface area (Å²) in [4.78, 5) is 12.2. The van der Waals surface area contributed by atoms with E-state index in [0.29, 0.717) is 11.3 Å². The molecule has 5 nitrogen and oxygen atoms in total. The van der Waals surface area contributed by atoms with Crippen LogP contribution in [0.3, 0.4) is 0 Å². The van der Waals surface area contributed by atoms with Gasteiger partial charge >= 0.3 is 0 Å². The van der Waals surface area contributed by atoms with E-state index >= 15 is 0 Å². The first-order valence-electron chi connectivity index (χ1n) is 7.18. The Morgan fingerprint density at radius 3 is 2.90 bits per heavy atom. The first kappa shape index (κ1) is 13.9. The lowest BCUT2D eigenvalue weighted by atomic mass is 10.0. The molecule has 0 bridgehead atoms. The zero-order valence-corrected chi connectivity index (χ0v) is 12.0. The van der Waals surface area contributed by atoms with E-state index in [-0.39, 0.29) is 18.2 Å². The van der Waals surface area contributed by atoms with Gasteiger partial charge in [0.2, 0.25) is 0 Å². The van der Waals surface area contributed by atoms with Crippen molar-refractivity contribution < 1.29 is 19.1 Å². The Kier molecular flexibility index (Phi) is 3.59. The highest BCUT2D eigenvalue weighted by atomic mass is 16.5. The molecule has 2 N–H and O–H groups in total. The summed E-state index contributed by atoms with van der Waals surface area (Å²) in [5.74, 6) is 0.519. The zero-order chi connectivity index (χ0) is 14.9. The fraction of sp³-hybridized carbons (Fsp3) is 0.438. The average Bonchev–Trinajstić information content (AvgIpc) is 3.11. The van der Waals surface area contributed by atoms with Gasteiger partial charge in [-0.1, -0.05) is 25.0 Å². The zero-order valence-electron chi connectivity index (χ0n) is 12.0. The molecule has 0 atom stereocenters. The minimum atomic E-state index is -0.765. The number of aliphatic hydroxyl groups is 1. The normalized spacial score (nSPS) is 17.0. The van der Waals surface area contributed by atoms with Gasteiger partial charge in [0.15, 0.2) is 17.1 Å². The second kappa shape index (κ2) is 5.41. The fourth-order valence-corrected chi connectivity index (χ4v) is 2.85. The molecule has 0 aliphatic heterocycles. The van der Waals surface area contributed by atoms with Gasteiger partial charge in [-0.25, -0.2) is 0 Å². The third-order valence-corrected chi connectivity index (χ3v) is 4.06. The molecule has 1 amide bonds. The Labute approximate surface area is 122 Å². The molecule has 1 saturated carbocycles. The molecule has 3 rings (SSSR count). The van der Waals surface area contributed by atoms with Crippen LogP contribution in [0, 0.1) is 0 Å². The van der Waals surface area contributed by atoms with Gasteiger partial charge in [-0.05, 0) is 25.0 Å². The highest BCUT2D eigenvalue weighted by Crippen LogP contribution is 2.30. The Hall–Kier alpha value is -2.01. The van der Waals surface area contributed by atoms with Crippen LogP contribution in [0.25, 0.3) is 11.0 Å². The molecule has 0 spiro atoms. The lowest BCUT2D eigenvalue weighted by molar-refractivity contribution is 0.0444. The van der Waals surface area contributed by atoms with Crippen molar-refractivity contribution in [3.05, 3.63) is 30.0 Å². The van der Waals surface area contributed by atoms with Crippen LogP contribution in [-0.4, -0.2) is 30.3 Å². The van der Waals surface area contributed by atoms with Crippen molar-refractivity contribution in [2.45, 2.75) is 31.3 Å². The molecule has 2 aromatic rings. The summed E-state index contributed by atoms with van der Waals surface area (Å²) in [6, 6.07) is 7.18. The Balaban J connectivity index is 1.75. The lowest BCUT2D eigenvalue weighted by Crippen LogP contribution is -2.40. The molecule has 1 heterocycles. The van der Waals surface area contributed by atoms with Crippen molar-refractivity contribution in [3.63, 3.8) is 0 Å². The summed E-state index contributed by atoms with van der Waals surface area (Å²) in [5, 5.41) is 13.8. The number of nitrogens with one attached hydrogen (secondary N) is 1. The van der Waals surface area contributed by atoms with Crippen molar-refractivity contribution >= 4 is 16.9 Å². The number of hydrogen-bond acceptors (Lipinski definition) is 4. The van der Waals surface area contributed by atoms with E-state index in [1.54, 1.807) is 19.2 Å². The number of methoxy groups -OCH3 is 1. The average molecular weight is 289 g/mol. The van der Waals surface area contributed by atoms with E-state index in [4.69, 9.17) is 9.15 Å². The predicted molar refractivity (Wildman–Crippen MR) is 78.5 cm³/mol. The van der Waals surface area contributed by atoms with E-state index in [2.05, 4.69) is 5.32 Å². The van der Waals surface area contributed by atoms with Crippen LogP contribution in [0.4, 0.5) is 0 Å². The summed E-state index contributed by atoms with van der Waals surface area (Å²) < 4.78 is 10.8. The molecular weight excluding hydrogens is 270 g/mol. The molecule has 0 saturated heterocycles. The quantitative estimate of drug-likeness (QED) is 0.907. The van der Waals surface area contributed by atoms with Gasteiger partial charge in [-0.2, -0.15) is 0 Å². The summed E-state index contributed by atoms with van der Waals surface area (Å²) in [6.07, 6.45) is 3.49. The predicted octanol–water partition coefficient (Wildman–Crippen LogP) is 2.48. The first-order valence-corrected chi connectivity index (χ1v) is 7.18. The van der Waals surface area contributed by atoms with Gasteiger partial charge in [0.1, 0.15) is 0 Å². The number of ether oxygens (including phenoxy) is 1. The Bertz CT molecular complexity index is 655. The second-order valence-electron chi connectivity index (χ2n) is 5.60. The number of carbonyl (C=O) groups is 1. The molecule has 1 fully saturated rings. The van der Waals surface area contributed by atoms with E-state index in [1.165, 1.54) is 0 Å². The molecule has 1 aromatic carbocycles. The highest BCUT2D eigenvalue weighted by Gasteiger charge is 2.31. The third-order valence-electron chi connectivity index (χ3n) is 4.06. The molecule has 1 aromatic heterocycles. The standard InChI is InChI=1S/C16H19NO4/c1-20-12-6-4-5-11-9-13(21-14(11)12)15(18)17-10-16(19)7-2-3-8-16/h4-6,9,19H,2-3,7-8,10H2,1H3,(H,17,18). The Morgan fingerprint density at radius 2 is 2.19 bits per heavy atom. The molecule has 112 valence electrons. The van der Waals surface area contributed by atoms with Gasteiger partial charge in [0.25, 0.3) is 5.91 Å². The fourth-order valence-electron chi connectivity index (χ4n) is 2.85. The van der Waals surface area contributed by atoms with Crippen molar-refractivity contribution in [1.82, 2.24) is 5.32 Å². The van der Waals surface area contributed by atoms with Gasteiger partial charge in [-0.3, -0.25) is 4.79 Å². The number of para-hydroxylation sites is 1. The summed E-state index contributed by atoms with van der Waals surface area (Å²) in [6.45, 7) is 0.264. The van der Waals surface area contributed by atoms with Crippen molar-refractivity contribution in [2.75, 3.05) is 13.7 Å². The maximum atomic E-state index is 12.2. The largest absolute Gasteiger partial charge is 0.493 e. The molecule has 0 radical (unpaired) electrons. The van der Waals surface area contributed by atoms with Crippen LogP contribution >= 0.6 is 0 Å². The number of rotatable bonds is 4. The second-order valence-corrected chi connectivity index (χ2v) is 5.60. The van der Waals surface area contributed by atoms with Crippen LogP contribution in [0.2, 0.25) is 0 Å². The number of furan rings is 1. The third kappa shape index (κ3) is 2.74. The highest BCUT2D eigenvalue weighted by molar-refractivity contribution is 5.97. The van der Waals surface area contributed by atoms with Gasteiger partial charge in [-0.15, -0.1) is 0 Å². The molecule has 5 heteroatoms. The minimum Gasteiger partial charge on any atom is -0.493 e. The molecule has 1 aliphatic rings. The first-order chi connectivity index (χ1) is 10.1. The van der Waals surface area contributed by atoms with Crippen LogP contribution in [-0.2, 0) is 0 Å². The molecule has 1 aliphatic carbocycles. The topological polar surface area (TPSA) is 71.7 Å². The summed E-state index contributed by atoms with van der Waals surface area (Å²) in [5.41, 5.74) is -0.205. The lowest BCUT2D eigenvalue weighted by Gasteiger charge is -2.21. The van der Waals surface area contributed by atoms with Crippen LogP contribution in [0.5, 0.6) is 5.75 Å². The van der Waals surface area contributed by atoms with Crippen molar-refractivity contribution in [2.24, 2.45) is 0 Å². The van der Waals surface area contributed by atoms with Gasteiger partial charge < -0.3 is 19.6 Å². The number of hydrogen-bond donors (Lipinski definition) is 2. The van der Waals surface area contributed by atoms with Crippen LogP contribution in [0.15, 0.2) is 28.7 Å². The molecular formula is C16H19NO4. The van der Waals surface area contributed by atoms with Crippen LogP contribution in [0.1, 0.15) is 36.2 Å². The molecule has 0 unspecified atom stereocenters. The summed E-state index contributed by atoms with van der Waals surface area (Å²) in [7, 11) is 1.56. The number of fused-ring (bicyclic) bond motifs is 1. The SMILES string of the molecule is COc1cccc2cc(C(=O)NCC3(O)CCCC3)oc12. The molecule has 21 heavy (non-hydrogen) atoms. The number of carbonyl (C=O) groups excluding carboxylic acids is 1. The summed E-state index contributed by atoms with van der Waals surface area (Å²) >= 11 is 0. The maximum absolute atomic E-state index is 12.2. The number of amides is 1. The maximum Gasteiger partial charge on any atom is 0.287 e. The van der Waals surface area contributed by atoms with Gasteiger partial charge in [0.05, 0.1) is 12.7 Å². The Morgan fingerprint density at radius 1 is 1.43 bits per heavy atom. The van der Waals surface area contributed by atoms with E-state index < -0.39 is 5.60 Å².